The van der Waals surface area contributed by atoms with E-state index in [1.54, 1.807) is 12.1 Å². The van der Waals surface area contributed by atoms with Crippen LogP contribution in [0, 0.1) is 0 Å². The molecule has 1 N–H and O–H groups in total. The number of halogens is 1. The molecule has 92 valence electrons. The molecule has 1 atom stereocenters. The molecule has 0 radical (unpaired) electrons. The van der Waals surface area contributed by atoms with Crippen molar-refractivity contribution in [1.29, 1.82) is 0 Å². The molecule has 0 spiro atoms. The first-order valence-corrected chi connectivity index (χ1v) is 5.77. The second-order valence-electron chi connectivity index (χ2n) is 3.48. The highest BCUT2D eigenvalue weighted by atomic mass is 79.9. The fourth-order valence-corrected chi connectivity index (χ4v) is 2.24. The second kappa shape index (κ2) is 4.93. The molecule has 17 heavy (non-hydrogen) atoms. The van der Waals surface area contributed by atoms with Crippen molar-refractivity contribution in [2.45, 2.75) is 6.10 Å². The molecule has 1 heterocycles. The molecule has 1 aliphatic rings. The van der Waals surface area contributed by atoms with Crippen molar-refractivity contribution < 1.29 is 24.1 Å². The summed E-state index contributed by atoms with van der Waals surface area (Å²) >= 11 is 3.33. The van der Waals surface area contributed by atoms with Crippen LogP contribution >= 0.6 is 15.9 Å². The van der Waals surface area contributed by atoms with E-state index in [9.17, 15) is 4.79 Å². The lowest BCUT2D eigenvalue weighted by molar-refractivity contribution is -0.148. The van der Waals surface area contributed by atoms with Crippen LogP contribution in [-0.4, -0.2) is 31.4 Å². The summed E-state index contributed by atoms with van der Waals surface area (Å²) in [7, 11) is 1.35. The van der Waals surface area contributed by atoms with E-state index in [0.717, 1.165) is 0 Å². The van der Waals surface area contributed by atoms with E-state index in [4.69, 9.17) is 19.3 Å². The topological polar surface area (TPSA) is 65.0 Å². The average Bonchev–Trinajstić information content (AvgIpc) is 2.29. The van der Waals surface area contributed by atoms with Crippen LogP contribution in [-0.2, 0) is 9.53 Å². The number of hydrogen-bond donors (Lipinski definition) is 1. The minimum absolute atomic E-state index is 0.452. The van der Waals surface area contributed by atoms with Crippen molar-refractivity contribution in [3.05, 3.63) is 22.2 Å². The van der Waals surface area contributed by atoms with Crippen LogP contribution in [0.2, 0.25) is 0 Å². The van der Waals surface area contributed by atoms with E-state index in [1.165, 1.54) is 7.11 Å². The summed E-state index contributed by atoms with van der Waals surface area (Å²) in [6.45, 7) is 0.936. The van der Waals surface area contributed by atoms with Gasteiger partial charge < -0.3 is 19.3 Å². The summed E-state index contributed by atoms with van der Waals surface area (Å²) in [6, 6.07) is 3.29. The number of carboxylic acid groups (broad SMARTS) is 1. The molecule has 0 bridgehead atoms. The summed E-state index contributed by atoms with van der Waals surface area (Å²) in [5.41, 5.74) is 0.510. The molecule has 1 aliphatic heterocycles. The number of aliphatic carboxylic acids is 1. The molecule has 1 aromatic carbocycles. The summed E-state index contributed by atoms with van der Waals surface area (Å²) in [6.07, 6.45) is -1.01. The van der Waals surface area contributed by atoms with Gasteiger partial charge in [-0.25, -0.2) is 4.79 Å². The number of benzene rings is 1. The molecule has 0 aromatic heterocycles. The molecule has 5 nitrogen and oxygen atoms in total. The van der Waals surface area contributed by atoms with E-state index in [1.807, 2.05) is 0 Å². The molecule has 0 fully saturated rings. The molecule has 0 saturated heterocycles. The Morgan fingerprint density at radius 1 is 1.47 bits per heavy atom. The number of carbonyl (C=O) groups is 1. The monoisotopic (exact) mass is 302 g/mol. The Morgan fingerprint density at radius 3 is 2.82 bits per heavy atom. The van der Waals surface area contributed by atoms with E-state index in [-0.39, 0.29) is 0 Å². The third kappa shape index (κ3) is 2.37. The van der Waals surface area contributed by atoms with Crippen LogP contribution in [0.15, 0.2) is 16.6 Å². The lowest BCUT2D eigenvalue weighted by atomic mass is 10.1. The van der Waals surface area contributed by atoms with E-state index < -0.39 is 12.1 Å². The van der Waals surface area contributed by atoms with Crippen molar-refractivity contribution in [2.75, 3.05) is 20.3 Å². The molecule has 1 unspecified atom stereocenters. The van der Waals surface area contributed by atoms with Crippen molar-refractivity contribution >= 4 is 21.9 Å². The first-order chi connectivity index (χ1) is 8.13. The number of ether oxygens (including phenoxy) is 3. The van der Waals surface area contributed by atoms with Crippen molar-refractivity contribution in [2.24, 2.45) is 0 Å². The Bertz CT molecular complexity index is 446. The maximum atomic E-state index is 11.0. The average molecular weight is 303 g/mol. The summed E-state index contributed by atoms with van der Waals surface area (Å²) in [4.78, 5) is 11.0. The fraction of sp³-hybridized carbons (Fsp3) is 0.364. The lowest BCUT2D eigenvalue weighted by Gasteiger charge is -2.21. The van der Waals surface area contributed by atoms with Crippen molar-refractivity contribution in [1.82, 2.24) is 0 Å². The maximum Gasteiger partial charge on any atom is 0.337 e. The number of methoxy groups -OCH3 is 1. The summed E-state index contributed by atoms with van der Waals surface area (Å²) in [5, 5.41) is 9.01. The highest BCUT2D eigenvalue weighted by Gasteiger charge is 2.24. The zero-order valence-corrected chi connectivity index (χ0v) is 10.7. The highest BCUT2D eigenvalue weighted by Crippen LogP contribution is 2.40. The molecule has 1 aromatic rings. The third-order valence-electron chi connectivity index (χ3n) is 2.38. The molecule has 0 aliphatic carbocycles. The van der Waals surface area contributed by atoms with Gasteiger partial charge in [0.1, 0.15) is 13.2 Å². The maximum absolute atomic E-state index is 11.0. The summed E-state index contributed by atoms with van der Waals surface area (Å²) < 4.78 is 16.4. The van der Waals surface area contributed by atoms with Gasteiger partial charge in [-0.1, -0.05) is 0 Å². The lowest BCUT2D eigenvalue weighted by Crippen LogP contribution is -2.18. The standard InChI is InChI=1S/C11H11BrO5/c1-15-9(11(13)14)6-4-7(12)10-8(5-6)16-2-3-17-10/h4-5,9H,2-3H2,1H3,(H,13,14). The van der Waals surface area contributed by atoms with Gasteiger partial charge in [0.15, 0.2) is 17.6 Å². The fourth-order valence-electron chi connectivity index (χ4n) is 1.66. The van der Waals surface area contributed by atoms with Gasteiger partial charge in [-0.3, -0.25) is 0 Å². The normalized spacial score (nSPS) is 15.4. The number of carboxylic acids is 1. The van der Waals surface area contributed by atoms with Crippen LogP contribution < -0.4 is 9.47 Å². The van der Waals surface area contributed by atoms with Gasteiger partial charge >= 0.3 is 5.97 Å². The van der Waals surface area contributed by atoms with E-state index >= 15 is 0 Å². The molecule has 2 rings (SSSR count). The van der Waals surface area contributed by atoms with Gasteiger partial charge in [-0.15, -0.1) is 0 Å². The molecule has 6 heteroatoms. The predicted molar refractivity (Wildman–Crippen MR) is 62.5 cm³/mol. The van der Waals surface area contributed by atoms with Gasteiger partial charge in [0.2, 0.25) is 0 Å². The van der Waals surface area contributed by atoms with Gasteiger partial charge in [-0.05, 0) is 33.6 Å². The van der Waals surface area contributed by atoms with Gasteiger partial charge in [0.25, 0.3) is 0 Å². The SMILES string of the molecule is COC(C(=O)O)c1cc(Br)c2c(c1)OCCO2. The number of rotatable bonds is 3. The molecular formula is C11H11BrO5. The summed E-state index contributed by atoms with van der Waals surface area (Å²) in [5.74, 6) is 0.0836. The van der Waals surface area contributed by atoms with Crippen LogP contribution in [0.4, 0.5) is 0 Å². The molecule has 0 saturated carbocycles. The Morgan fingerprint density at radius 2 is 2.18 bits per heavy atom. The quantitative estimate of drug-likeness (QED) is 0.925. The Kier molecular flexibility index (Phi) is 3.54. The van der Waals surface area contributed by atoms with Crippen molar-refractivity contribution in [3.8, 4) is 11.5 Å². The second-order valence-corrected chi connectivity index (χ2v) is 4.34. The smallest absolute Gasteiger partial charge is 0.337 e. The van der Waals surface area contributed by atoms with E-state index in [2.05, 4.69) is 15.9 Å². The van der Waals surface area contributed by atoms with Crippen LogP contribution in [0.3, 0.4) is 0 Å². The Labute approximate surface area is 106 Å². The highest BCUT2D eigenvalue weighted by molar-refractivity contribution is 9.10. The zero-order chi connectivity index (χ0) is 12.4. The minimum atomic E-state index is -1.05. The van der Waals surface area contributed by atoms with E-state index in [0.29, 0.717) is 34.7 Å². The van der Waals surface area contributed by atoms with Crippen LogP contribution in [0.25, 0.3) is 0 Å². The first kappa shape index (κ1) is 12.2. The Hall–Kier alpha value is -1.27. The third-order valence-corrected chi connectivity index (χ3v) is 2.97. The molecular weight excluding hydrogens is 292 g/mol. The van der Waals surface area contributed by atoms with Gasteiger partial charge in [0.05, 0.1) is 4.47 Å². The van der Waals surface area contributed by atoms with Crippen LogP contribution in [0.5, 0.6) is 11.5 Å². The largest absolute Gasteiger partial charge is 0.486 e. The van der Waals surface area contributed by atoms with Crippen molar-refractivity contribution in [3.63, 3.8) is 0 Å². The van der Waals surface area contributed by atoms with Gasteiger partial charge in [0, 0.05) is 7.11 Å². The van der Waals surface area contributed by atoms with Crippen LogP contribution in [0.1, 0.15) is 11.7 Å². The van der Waals surface area contributed by atoms with Gasteiger partial charge in [-0.2, -0.15) is 0 Å². The molecule has 0 amide bonds. The predicted octanol–water partition coefficient (Wildman–Crippen LogP) is 1.99. The number of fused-ring (bicyclic) bond motifs is 1. The first-order valence-electron chi connectivity index (χ1n) is 4.98. The minimum Gasteiger partial charge on any atom is -0.486 e. The zero-order valence-electron chi connectivity index (χ0n) is 9.10. The Balaban J connectivity index is 2.42. The number of hydrogen-bond acceptors (Lipinski definition) is 4.